The molecule has 0 atom stereocenters. The van der Waals surface area contributed by atoms with Gasteiger partial charge in [-0.15, -0.1) is 11.8 Å². The minimum Gasteiger partial charge on any atom is -0.493 e. The Hall–Kier alpha value is -1.96. The lowest BCUT2D eigenvalue weighted by molar-refractivity contribution is -0.384. The second-order valence-electron chi connectivity index (χ2n) is 4.43. The zero-order chi connectivity index (χ0) is 17.7. The van der Waals surface area contributed by atoms with E-state index >= 15 is 0 Å². The van der Waals surface area contributed by atoms with Crippen molar-refractivity contribution in [3.05, 3.63) is 56.6 Å². The first kappa shape index (κ1) is 18.4. The molecule has 0 saturated heterocycles. The van der Waals surface area contributed by atoms with Crippen molar-refractivity contribution in [2.75, 3.05) is 12.9 Å². The van der Waals surface area contributed by atoms with Crippen LogP contribution in [0.15, 0.2) is 41.3 Å². The van der Waals surface area contributed by atoms with E-state index in [2.05, 4.69) is 0 Å². The van der Waals surface area contributed by atoms with Gasteiger partial charge in [-0.1, -0.05) is 23.2 Å². The van der Waals surface area contributed by atoms with Gasteiger partial charge in [0.2, 0.25) is 0 Å². The molecule has 0 aliphatic rings. The largest absolute Gasteiger partial charge is 0.493 e. The van der Waals surface area contributed by atoms with E-state index in [-0.39, 0.29) is 22.9 Å². The molecule has 6 nitrogen and oxygen atoms in total. The molecule has 0 radical (unpaired) electrons. The number of methoxy groups -OCH3 is 1. The van der Waals surface area contributed by atoms with E-state index in [0.717, 1.165) is 17.8 Å². The first-order valence-corrected chi connectivity index (χ1v) is 8.26. The van der Waals surface area contributed by atoms with E-state index < -0.39 is 10.9 Å². The maximum absolute atomic E-state index is 12.0. The maximum atomic E-state index is 12.0. The minimum atomic E-state index is -0.602. The summed E-state index contributed by atoms with van der Waals surface area (Å²) in [6, 6.07) is 8.66. The number of ether oxygens (including phenoxy) is 2. The molecule has 0 fully saturated rings. The second-order valence-corrected chi connectivity index (χ2v) is 6.29. The average Bonchev–Trinajstić information content (AvgIpc) is 2.55. The Balaban J connectivity index is 2.08. The third-order valence-corrected chi connectivity index (χ3v) is 4.53. The number of halogens is 2. The van der Waals surface area contributed by atoms with E-state index in [9.17, 15) is 14.9 Å². The van der Waals surface area contributed by atoms with Gasteiger partial charge in [-0.25, -0.2) is 0 Å². The highest BCUT2D eigenvalue weighted by molar-refractivity contribution is 8.00. The number of nitro groups is 1. The number of esters is 1. The highest BCUT2D eigenvalue weighted by atomic mass is 35.5. The average molecular weight is 388 g/mol. The smallest absolute Gasteiger partial charge is 0.321 e. The summed E-state index contributed by atoms with van der Waals surface area (Å²) in [6.45, 7) is 0. The fourth-order valence-electron chi connectivity index (χ4n) is 1.74. The number of thioether (sulfide) groups is 1. The van der Waals surface area contributed by atoms with Crippen LogP contribution in [0.5, 0.6) is 11.5 Å². The highest BCUT2D eigenvalue weighted by Crippen LogP contribution is 2.33. The third-order valence-electron chi connectivity index (χ3n) is 2.82. The Kier molecular flexibility index (Phi) is 6.30. The van der Waals surface area contributed by atoms with Gasteiger partial charge in [0.15, 0.2) is 11.5 Å². The number of benzene rings is 2. The molecule has 126 valence electrons. The van der Waals surface area contributed by atoms with Crippen LogP contribution < -0.4 is 9.47 Å². The van der Waals surface area contributed by atoms with Crippen molar-refractivity contribution in [1.82, 2.24) is 0 Å². The summed E-state index contributed by atoms with van der Waals surface area (Å²) in [7, 11) is 1.37. The number of hydrogen-bond donors (Lipinski definition) is 0. The first-order chi connectivity index (χ1) is 11.4. The van der Waals surface area contributed by atoms with Crippen LogP contribution in [0.25, 0.3) is 0 Å². The molecule has 0 N–H and O–H groups in total. The lowest BCUT2D eigenvalue weighted by Crippen LogP contribution is -2.11. The molecule has 0 spiro atoms. The fraction of sp³-hybridized carbons (Fsp3) is 0.133. The van der Waals surface area contributed by atoms with Gasteiger partial charge in [0, 0.05) is 16.0 Å². The molecular weight excluding hydrogens is 377 g/mol. The molecule has 0 aliphatic heterocycles. The van der Waals surface area contributed by atoms with Gasteiger partial charge in [0.25, 0.3) is 5.69 Å². The van der Waals surface area contributed by atoms with Crippen molar-refractivity contribution in [3.8, 4) is 11.5 Å². The molecule has 0 unspecified atom stereocenters. The van der Waals surface area contributed by atoms with Crippen LogP contribution in [0.2, 0.25) is 10.0 Å². The summed E-state index contributed by atoms with van der Waals surface area (Å²) in [5, 5.41) is 11.8. The summed E-state index contributed by atoms with van der Waals surface area (Å²) < 4.78 is 10.2. The molecule has 0 saturated carbocycles. The first-order valence-electron chi connectivity index (χ1n) is 6.51. The number of hydrogen-bond acceptors (Lipinski definition) is 6. The zero-order valence-electron chi connectivity index (χ0n) is 12.3. The van der Waals surface area contributed by atoms with Crippen LogP contribution in [0.1, 0.15) is 0 Å². The molecular formula is C15H11Cl2NO5S. The Morgan fingerprint density at radius 2 is 1.96 bits per heavy atom. The maximum Gasteiger partial charge on any atom is 0.321 e. The summed E-state index contributed by atoms with van der Waals surface area (Å²) >= 11 is 13.0. The van der Waals surface area contributed by atoms with Crippen LogP contribution in [-0.4, -0.2) is 23.8 Å². The SMILES string of the molecule is COc1ccc([N+](=O)[O-])cc1OC(=O)CSc1cc(Cl)ccc1Cl. The van der Waals surface area contributed by atoms with E-state index in [1.54, 1.807) is 18.2 Å². The molecule has 0 bridgehead atoms. The Morgan fingerprint density at radius 3 is 2.62 bits per heavy atom. The fourth-order valence-corrected chi connectivity index (χ4v) is 3.00. The Labute approximate surface area is 151 Å². The molecule has 0 amide bonds. The molecule has 2 rings (SSSR count). The van der Waals surface area contributed by atoms with Crippen molar-refractivity contribution in [1.29, 1.82) is 0 Å². The topological polar surface area (TPSA) is 78.7 Å². The van der Waals surface area contributed by atoms with E-state index in [4.69, 9.17) is 32.7 Å². The van der Waals surface area contributed by atoms with E-state index in [0.29, 0.717) is 14.9 Å². The molecule has 2 aromatic carbocycles. The molecule has 0 aliphatic carbocycles. The standard InChI is InChI=1S/C15H11Cl2NO5S/c1-22-12-5-3-10(18(20)21)7-13(12)23-15(19)8-24-14-6-9(16)2-4-11(14)17/h2-7H,8H2,1H3. The minimum absolute atomic E-state index is 0.0190. The summed E-state index contributed by atoms with van der Waals surface area (Å²) in [4.78, 5) is 22.8. The number of rotatable bonds is 6. The molecule has 0 heterocycles. The number of non-ortho nitro benzene ring substituents is 1. The number of nitrogens with zero attached hydrogens (tertiary/aromatic N) is 1. The monoisotopic (exact) mass is 387 g/mol. The van der Waals surface area contributed by atoms with Crippen LogP contribution in [-0.2, 0) is 4.79 Å². The van der Waals surface area contributed by atoms with Crippen molar-refractivity contribution >= 4 is 46.6 Å². The summed E-state index contributed by atoms with van der Waals surface area (Å²) in [5.41, 5.74) is -0.205. The van der Waals surface area contributed by atoms with Crippen LogP contribution >= 0.6 is 35.0 Å². The van der Waals surface area contributed by atoms with Crippen molar-refractivity contribution < 1.29 is 19.2 Å². The van der Waals surface area contributed by atoms with E-state index in [1.807, 2.05) is 0 Å². The molecule has 24 heavy (non-hydrogen) atoms. The van der Waals surface area contributed by atoms with E-state index in [1.165, 1.54) is 19.2 Å². The highest BCUT2D eigenvalue weighted by Gasteiger charge is 2.16. The van der Waals surface area contributed by atoms with Gasteiger partial charge >= 0.3 is 5.97 Å². The van der Waals surface area contributed by atoms with Gasteiger partial charge < -0.3 is 9.47 Å². The molecule has 0 aromatic heterocycles. The number of carbonyl (C=O) groups is 1. The second kappa shape index (κ2) is 8.23. The number of nitro benzene ring substituents is 1. The Bertz CT molecular complexity index is 784. The lowest BCUT2D eigenvalue weighted by Gasteiger charge is -2.09. The quantitative estimate of drug-likeness (QED) is 0.236. The van der Waals surface area contributed by atoms with Crippen LogP contribution in [0, 0.1) is 10.1 Å². The Morgan fingerprint density at radius 1 is 1.21 bits per heavy atom. The van der Waals surface area contributed by atoms with Crippen LogP contribution in [0.4, 0.5) is 5.69 Å². The zero-order valence-corrected chi connectivity index (χ0v) is 14.7. The molecule has 9 heteroatoms. The summed E-state index contributed by atoms with van der Waals surface area (Å²) in [5.74, 6) is -0.449. The molecule has 2 aromatic rings. The predicted molar refractivity (Wildman–Crippen MR) is 92.5 cm³/mol. The summed E-state index contributed by atoms with van der Waals surface area (Å²) in [6.07, 6.45) is 0. The van der Waals surface area contributed by atoms with Gasteiger partial charge in [-0.2, -0.15) is 0 Å². The van der Waals surface area contributed by atoms with Gasteiger partial charge in [0.05, 0.1) is 28.9 Å². The number of carbonyl (C=O) groups excluding carboxylic acids is 1. The van der Waals surface area contributed by atoms with Crippen LogP contribution in [0.3, 0.4) is 0 Å². The van der Waals surface area contributed by atoms with Crippen molar-refractivity contribution in [2.24, 2.45) is 0 Å². The normalized spacial score (nSPS) is 10.3. The van der Waals surface area contributed by atoms with Crippen molar-refractivity contribution in [2.45, 2.75) is 4.90 Å². The lowest BCUT2D eigenvalue weighted by atomic mass is 10.3. The van der Waals surface area contributed by atoms with Gasteiger partial charge in [0.1, 0.15) is 0 Å². The van der Waals surface area contributed by atoms with Gasteiger partial charge in [-0.3, -0.25) is 14.9 Å². The predicted octanol–water partition coefficient (Wildman–Crippen LogP) is 4.61. The van der Waals surface area contributed by atoms with Crippen molar-refractivity contribution in [3.63, 3.8) is 0 Å². The third kappa shape index (κ3) is 4.77. The van der Waals surface area contributed by atoms with Gasteiger partial charge in [-0.05, 0) is 24.3 Å².